The van der Waals surface area contributed by atoms with Gasteiger partial charge in [-0.1, -0.05) is 19.8 Å². The van der Waals surface area contributed by atoms with Crippen LogP contribution in [0.15, 0.2) is 18.2 Å². The second-order valence-electron chi connectivity index (χ2n) is 6.92. The van der Waals surface area contributed by atoms with Crippen molar-refractivity contribution in [1.29, 1.82) is 0 Å². The fraction of sp³-hybridized carbons (Fsp3) is 0.524. The summed E-state index contributed by atoms with van der Waals surface area (Å²) in [6, 6.07) is 5.69. The van der Waals surface area contributed by atoms with E-state index in [-0.39, 0.29) is 12.0 Å². The van der Waals surface area contributed by atoms with Gasteiger partial charge in [0.1, 0.15) is 6.10 Å². The smallest absolute Gasteiger partial charge is 0.255 e. The lowest BCUT2D eigenvalue weighted by molar-refractivity contribution is -0.131. The van der Waals surface area contributed by atoms with E-state index in [1.54, 1.807) is 14.2 Å². The van der Waals surface area contributed by atoms with Crippen LogP contribution in [0.25, 0.3) is 11.3 Å². The second-order valence-corrected chi connectivity index (χ2v) is 8.13. The van der Waals surface area contributed by atoms with Crippen LogP contribution in [-0.2, 0) is 9.53 Å². The SMILES string of the molecule is CCC(OC1CCCC1)C(=O)Nc1nc(-c2ccc(OC)c(OC)c2)c(C)s1. The molecule has 2 aromatic rings. The van der Waals surface area contributed by atoms with E-state index in [0.717, 1.165) is 29.0 Å². The first-order valence-corrected chi connectivity index (χ1v) is 10.5. The molecule has 1 unspecified atom stereocenters. The summed E-state index contributed by atoms with van der Waals surface area (Å²) >= 11 is 1.46. The van der Waals surface area contributed by atoms with Crippen molar-refractivity contribution in [3.05, 3.63) is 23.1 Å². The van der Waals surface area contributed by atoms with Crippen LogP contribution >= 0.6 is 11.3 Å². The number of nitrogens with one attached hydrogen (secondary N) is 1. The summed E-state index contributed by atoms with van der Waals surface area (Å²) in [5.74, 6) is 1.19. The van der Waals surface area contributed by atoms with Crippen LogP contribution in [0.2, 0.25) is 0 Å². The van der Waals surface area contributed by atoms with E-state index < -0.39 is 6.10 Å². The summed E-state index contributed by atoms with van der Waals surface area (Å²) in [6.07, 6.45) is 4.88. The van der Waals surface area contributed by atoms with Gasteiger partial charge in [0.15, 0.2) is 16.6 Å². The number of nitrogens with zero attached hydrogens (tertiary/aromatic N) is 1. The molecular formula is C21H28N2O4S. The fourth-order valence-electron chi connectivity index (χ4n) is 3.49. The number of hydrogen-bond acceptors (Lipinski definition) is 6. The van der Waals surface area contributed by atoms with Gasteiger partial charge in [0.25, 0.3) is 5.91 Å². The maximum atomic E-state index is 12.7. The van der Waals surface area contributed by atoms with Crippen molar-refractivity contribution in [1.82, 2.24) is 4.98 Å². The molecule has 1 N–H and O–H groups in total. The number of aromatic nitrogens is 1. The Morgan fingerprint density at radius 3 is 2.61 bits per heavy atom. The average molecular weight is 405 g/mol. The maximum Gasteiger partial charge on any atom is 0.255 e. The predicted octanol–water partition coefficient (Wildman–Crippen LogP) is 4.81. The lowest BCUT2D eigenvalue weighted by atomic mass is 10.1. The highest BCUT2D eigenvalue weighted by molar-refractivity contribution is 7.16. The van der Waals surface area contributed by atoms with Crippen molar-refractivity contribution in [2.45, 2.75) is 58.2 Å². The number of hydrogen-bond donors (Lipinski definition) is 1. The van der Waals surface area contributed by atoms with Crippen LogP contribution in [0.5, 0.6) is 11.5 Å². The Morgan fingerprint density at radius 1 is 1.25 bits per heavy atom. The summed E-state index contributed by atoms with van der Waals surface area (Å²) in [7, 11) is 3.22. The molecule has 1 amide bonds. The number of rotatable bonds is 8. The van der Waals surface area contributed by atoms with Crippen LogP contribution in [0.3, 0.4) is 0 Å². The van der Waals surface area contributed by atoms with Crippen molar-refractivity contribution in [2.75, 3.05) is 19.5 Å². The highest BCUT2D eigenvalue weighted by Crippen LogP contribution is 2.36. The molecule has 1 aromatic heterocycles. The molecular weight excluding hydrogens is 376 g/mol. The van der Waals surface area contributed by atoms with Gasteiger partial charge in [0, 0.05) is 10.4 Å². The molecule has 1 heterocycles. The molecule has 6 nitrogen and oxygen atoms in total. The molecule has 3 rings (SSSR count). The predicted molar refractivity (Wildman–Crippen MR) is 111 cm³/mol. The summed E-state index contributed by atoms with van der Waals surface area (Å²) in [5.41, 5.74) is 1.74. The second kappa shape index (κ2) is 9.39. The monoisotopic (exact) mass is 404 g/mol. The molecule has 0 radical (unpaired) electrons. The van der Waals surface area contributed by atoms with E-state index in [1.807, 2.05) is 32.0 Å². The first kappa shape index (κ1) is 20.6. The zero-order valence-corrected chi connectivity index (χ0v) is 17.7. The normalized spacial score (nSPS) is 15.4. The lowest BCUT2D eigenvalue weighted by Crippen LogP contribution is -2.32. The first-order chi connectivity index (χ1) is 13.5. The fourth-order valence-corrected chi connectivity index (χ4v) is 4.33. The number of aryl methyl sites for hydroxylation is 1. The minimum atomic E-state index is -0.433. The highest BCUT2D eigenvalue weighted by Gasteiger charge is 2.25. The minimum absolute atomic E-state index is 0.123. The quantitative estimate of drug-likeness (QED) is 0.684. The molecule has 1 fully saturated rings. The molecule has 0 saturated heterocycles. The molecule has 0 bridgehead atoms. The van der Waals surface area contributed by atoms with Gasteiger partial charge in [-0.3, -0.25) is 10.1 Å². The lowest BCUT2D eigenvalue weighted by Gasteiger charge is -2.19. The number of ether oxygens (including phenoxy) is 3. The number of carbonyl (C=O) groups excluding carboxylic acids is 1. The van der Waals surface area contributed by atoms with Crippen molar-refractivity contribution in [3.8, 4) is 22.8 Å². The van der Waals surface area contributed by atoms with Crippen molar-refractivity contribution >= 4 is 22.4 Å². The standard InChI is InChI=1S/C21H28N2O4S/c1-5-16(27-15-8-6-7-9-15)20(24)23-21-22-19(13(2)28-21)14-10-11-17(25-3)18(12-14)26-4/h10-12,15-16H,5-9H2,1-4H3,(H,22,23,24). The number of amides is 1. The van der Waals surface area contributed by atoms with E-state index in [9.17, 15) is 4.79 Å². The molecule has 0 aliphatic heterocycles. The van der Waals surface area contributed by atoms with Crippen LogP contribution in [0.4, 0.5) is 5.13 Å². The first-order valence-electron chi connectivity index (χ1n) is 9.71. The van der Waals surface area contributed by atoms with E-state index in [4.69, 9.17) is 14.2 Å². The van der Waals surface area contributed by atoms with Crippen molar-refractivity contribution in [3.63, 3.8) is 0 Å². The highest BCUT2D eigenvalue weighted by atomic mass is 32.1. The molecule has 1 saturated carbocycles. The Hall–Kier alpha value is -2.12. The summed E-state index contributed by atoms with van der Waals surface area (Å²) in [5, 5.41) is 3.52. The third-order valence-corrected chi connectivity index (χ3v) is 5.89. The Kier molecular flexibility index (Phi) is 6.91. The van der Waals surface area contributed by atoms with E-state index in [0.29, 0.717) is 23.1 Å². The zero-order valence-electron chi connectivity index (χ0n) is 16.9. The molecule has 1 aliphatic carbocycles. The third-order valence-electron chi connectivity index (χ3n) is 5.01. The van der Waals surface area contributed by atoms with Gasteiger partial charge in [-0.25, -0.2) is 4.98 Å². The van der Waals surface area contributed by atoms with Gasteiger partial charge in [-0.05, 0) is 44.4 Å². The summed E-state index contributed by atoms with van der Waals surface area (Å²) in [4.78, 5) is 18.3. The van der Waals surface area contributed by atoms with Crippen LogP contribution in [-0.4, -0.2) is 37.3 Å². The van der Waals surface area contributed by atoms with E-state index >= 15 is 0 Å². The summed E-state index contributed by atoms with van der Waals surface area (Å²) in [6.45, 7) is 3.97. The molecule has 28 heavy (non-hydrogen) atoms. The van der Waals surface area contributed by atoms with Crippen LogP contribution < -0.4 is 14.8 Å². The molecule has 1 aromatic carbocycles. The molecule has 1 aliphatic rings. The van der Waals surface area contributed by atoms with Gasteiger partial charge in [0.2, 0.25) is 0 Å². The van der Waals surface area contributed by atoms with Crippen LogP contribution in [0.1, 0.15) is 43.9 Å². The van der Waals surface area contributed by atoms with Gasteiger partial charge < -0.3 is 14.2 Å². The van der Waals surface area contributed by atoms with Gasteiger partial charge in [-0.2, -0.15) is 0 Å². The van der Waals surface area contributed by atoms with Gasteiger partial charge in [-0.15, -0.1) is 11.3 Å². The number of anilines is 1. The number of methoxy groups -OCH3 is 2. The maximum absolute atomic E-state index is 12.7. The number of thiazole rings is 1. The molecule has 152 valence electrons. The van der Waals surface area contributed by atoms with Crippen LogP contribution in [0, 0.1) is 6.92 Å². The van der Waals surface area contributed by atoms with Gasteiger partial charge in [0.05, 0.1) is 26.0 Å². The Labute approximate surface area is 170 Å². The average Bonchev–Trinajstić information content (AvgIpc) is 3.34. The Bertz CT molecular complexity index is 815. The van der Waals surface area contributed by atoms with Crippen molar-refractivity contribution < 1.29 is 19.0 Å². The minimum Gasteiger partial charge on any atom is -0.493 e. The topological polar surface area (TPSA) is 69.7 Å². The molecule has 1 atom stereocenters. The number of benzene rings is 1. The third kappa shape index (κ3) is 4.64. The Morgan fingerprint density at radius 2 is 1.96 bits per heavy atom. The zero-order chi connectivity index (χ0) is 20.1. The largest absolute Gasteiger partial charge is 0.493 e. The van der Waals surface area contributed by atoms with Crippen molar-refractivity contribution in [2.24, 2.45) is 0 Å². The van der Waals surface area contributed by atoms with E-state index in [2.05, 4.69) is 10.3 Å². The van der Waals surface area contributed by atoms with E-state index in [1.165, 1.54) is 24.2 Å². The molecule has 7 heteroatoms. The Balaban J connectivity index is 1.73. The number of carbonyl (C=O) groups is 1. The molecule has 0 spiro atoms. The van der Waals surface area contributed by atoms with Gasteiger partial charge >= 0.3 is 0 Å². The summed E-state index contributed by atoms with van der Waals surface area (Å²) < 4.78 is 16.7.